The maximum absolute atomic E-state index is 4.84. The third-order valence-electron chi connectivity index (χ3n) is 1.01. The molecule has 0 amide bonds. The second-order valence-corrected chi connectivity index (χ2v) is 2.29. The Morgan fingerprint density at radius 1 is 1.78 bits per heavy atom. The maximum atomic E-state index is 4.84. The second-order valence-electron chi connectivity index (χ2n) is 1.85. The molecular formula is C7H13NS. The van der Waals surface area contributed by atoms with Crippen molar-refractivity contribution in [3.8, 4) is 0 Å². The van der Waals surface area contributed by atoms with Gasteiger partial charge in [0.1, 0.15) is 0 Å². The van der Waals surface area contributed by atoms with Crippen molar-refractivity contribution < 1.29 is 0 Å². The summed E-state index contributed by atoms with van der Waals surface area (Å²) in [6.45, 7) is 6.66. The standard InChI is InChI=1S/C7H13NS/c1-3-5-6-8-7(9)4-2/h4H,2-3,5-6H2,1H3,(H,8,9). The number of thiocarbonyl (C=S) groups is 1. The van der Waals surface area contributed by atoms with Crippen LogP contribution in [0.3, 0.4) is 0 Å². The quantitative estimate of drug-likeness (QED) is 0.366. The van der Waals surface area contributed by atoms with Crippen LogP contribution in [0.4, 0.5) is 0 Å². The first-order valence-corrected chi connectivity index (χ1v) is 3.62. The number of unbranched alkanes of at least 4 members (excludes halogenated alkanes) is 1. The third-order valence-corrected chi connectivity index (χ3v) is 1.33. The summed E-state index contributed by atoms with van der Waals surface area (Å²) < 4.78 is 0. The van der Waals surface area contributed by atoms with Gasteiger partial charge in [0.05, 0.1) is 4.99 Å². The molecule has 0 atom stereocenters. The highest BCUT2D eigenvalue weighted by Gasteiger charge is 1.84. The van der Waals surface area contributed by atoms with Gasteiger partial charge in [-0.2, -0.15) is 0 Å². The van der Waals surface area contributed by atoms with E-state index in [2.05, 4.69) is 18.8 Å². The predicted molar refractivity (Wildman–Crippen MR) is 45.7 cm³/mol. The highest BCUT2D eigenvalue weighted by atomic mass is 32.1. The van der Waals surface area contributed by atoms with Gasteiger partial charge in [-0.1, -0.05) is 32.1 Å². The fourth-order valence-electron chi connectivity index (χ4n) is 0.461. The normalized spacial score (nSPS) is 8.56. The van der Waals surface area contributed by atoms with E-state index in [4.69, 9.17) is 12.2 Å². The number of nitrogens with one attached hydrogen (secondary N) is 1. The zero-order valence-corrected chi connectivity index (χ0v) is 6.63. The molecule has 0 aromatic rings. The Morgan fingerprint density at radius 2 is 2.44 bits per heavy atom. The van der Waals surface area contributed by atoms with E-state index in [1.165, 1.54) is 12.8 Å². The lowest BCUT2D eigenvalue weighted by Crippen LogP contribution is -2.19. The van der Waals surface area contributed by atoms with Crippen molar-refractivity contribution in [3.05, 3.63) is 12.7 Å². The minimum atomic E-state index is 0.753. The number of hydrogen-bond donors (Lipinski definition) is 1. The predicted octanol–water partition coefficient (Wildman–Crippen LogP) is 1.89. The Labute approximate surface area is 62.1 Å². The van der Waals surface area contributed by atoms with E-state index < -0.39 is 0 Å². The molecule has 0 heterocycles. The van der Waals surface area contributed by atoms with Crippen LogP contribution in [0.2, 0.25) is 0 Å². The first-order chi connectivity index (χ1) is 4.31. The molecule has 0 aromatic heterocycles. The van der Waals surface area contributed by atoms with Gasteiger partial charge in [-0.15, -0.1) is 0 Å². The molecular weight excluding hydrogens is 130 g/mol. The maximum Gasteiger partial charge on any atom is 0.0982 e. The first-order valence-electron chi connectivity index (χ1n) is 3.21. The summed E-state index contributed by atoms with van der Waals surface area (Å²) >= 11 is 4.84. The summed E-state index contributed by atoms with van der Waals surface area (Å²) in [5, 5.41) is 3.05. The van der Waals surface area contributed by atoms with Crippen molar-refractivity contribution in [1.82, 2.24) is 5.32 Å². The largest absolute Gasteiger partial charge is 0.376 e. The highest BCUT2D eigenvalue weighted by molar-refractivity contribution is 7.80. The topological polar surface area (TPSA) is 12.0 Å². The minimum Gasteiger partial charge on any atom is -0.376 e. The lowest BCUT2D eigenvalue weighted by Gasteiger charge is -2.00. The minimum absolute atomic E-state index is 0.753. The van der Waals surface area contributed by atoms with E-state index in [0.29, 0.717) is 0 Å². The van der Waals surface area contributed by atoms with Crippen LogP contribution >= 0.6 is 12.2 Å². The molecule has 9 heavy (non-hydrogen) atoms. The Bertz CT molecular complexity index is 99.1. The molecule has 0 saturated carbocycles. The van der Waals surface area contributed by atoms with E-state index >= 15 is 0 Å². The van der Waals surface area contributed by atoms with Gasteiger partial charge in [0.25, 0.3) is 0 Å². The Kier molecular flexibility index (Phi) is 5.52. The average Bonchev–Trinajstić information content (AvgIpc) is 1.89. The summed E-state index contributed by atoms with van der Waals surface area (Å²) in [5.41, 5.74) is 0. The van der Waals surface area contributed by atoms with Gasteiger partial charge < -0.3 is 5.32 Å². The van der Waals surface area contributed by atoms with Gasteiger partial charge in [0.15, 0.2) is 0 Å². The van der Waals surface area contributed by atoms with Crippen molar-refractivity contribution in [2.45, 2.75) is 19.8 Å². The molecule has 0 aliphatic carbocycles. The lowest BCUT2D eigenvalue weighted by molar-refractivity contribution is 0.760. The first kappa shape index (κ1) is 8.63. The van der Waals surface area contributed by atoms with Crippen molar-refractivity contribution in [1.29, 1.82) is 0 Å². The fraction of sp³-hybridized carbons (Fsp3) is 0.571. The number of rotatable bonds is 4. The van der Waals surface area contributed by atoms with Crippen LogP contribution < -0.4 is 5.32 Å². The molecule has 52 valence electrons. The molecule has 0 aliphatic heterocycles. The van der Waals surface area contributed by atoms with E-state index in [0.717, 1.165) is 11.5 Å². The molecule has 0 spiro atoms. The van der Waals surface area contributed by atoms with Gasteiger partial charge in [-0.3, -0.25) is 0 Å². The molecule has 0 aliphatic rings. The van der Waals surface area contributed by atoms with Crippen molar-refractivity contribution in [3.63, 3.8) is 0 Å². The van der Waals surface area contributed by atoms with Crippen LogP contribution in [0.5, 0.6) is 0 Å². The SMILES string of the molecule is C=CC(=S)NCCCC. The van der Waals surface area contributed by atoms with Crippen molar-refractivity contribution in [2.24, 2.45) is 0 Å². The Hall–Kier alpha value is -0.370. The monoisotopic (exact) mass is 143 g/mol. The van der Waals surface area contributed by atoms with E-state index in [9.17, 15) is 0 Å². The van der Waals surface area contributed by atoms with Gasteiger partial charge in [-0.25, -0.2) is 0 Å². The van der Waals surface area contributed by atoms with Crippen LogP contribution in [0.1, 0.15) is 19.8 Å². The van der Waals surface area contributed by atoms with E-state index in [1.807, 2.05) is 0 Å². The molecule has 1 N–H and O–H groups in total. The summed E-state index contributed by atoms with van der Waals surface area (Å²) in [4.78, 5) is 0.753. The summed E-state index contributed by atoms with van der Waals surface area (Å²) in [6.07, 6.45) is 4.03. The van der Waals surface area contributed by atoms with Gasteiger partial charge in [0.2, 0.25) is 0 Å². The molecule has 0 unspecified atom stereocenters. The zero-order chi connectivity index (χ0) is 7.11. The summed E-state index contributed by atoms with van der Waals surface area (Å²) in [5.74, 6) is 0. The Balaban J connectivity index is 3.07. The Morgan fingerprint density at radius 3 is 2.89 bits per heavy atom. The van der Waals surface area contributed by atoms with Crippen LogP contribution in [0, 0.1) is 0 Å². The molecule has 2 heteroatoms. The number of hydrogen-bond acceptors (Lipinski definition) is 1. The summed E-state index contributed by atoms with van der Waals surface area (Å²) in [6, 6.07) is 0. The van der Waals surface area contributed by atoms with Crippen molar-refractivity contribution >= 4 is 17.2 Å². The van der Waals surface area contributed by atoms with Crippen molar-refractivity contribution in [2.75, 3.05) is 6.54 Å². The van der Waals surface area contributed by atoms with Gasteiger partial charge in [0, 0.05) is 6.54 Å². The molecule has 1 nitrogen and oxygen atoms in total. The molecule has 0 saturated heterocycles. The third kappa shape index (κ3) is 5.50. The van der Waals surface area contributed by atoms with Gasteiger partial charge >= 0.3 is 0 Å². The molecule has 0 bridgehead atoms. The van der Waals surface area contributed by atoms with Crippen LogP contribution in [0.15, 0.2) is 12.7 Å². The molecule has 0 radical (unpaired) electrons. The van der Waals surface area contributed by atoms with Gasteiger partial charge in [-0.05, 0) is 12.5 Å². The molecule has 0 aromatic carbocycles. The zero-order valence-electron chi connectivity index (χ0n) is 5.81. The second kappa shape index (κ2) is 5.76. The smallest absolute Gasteiger partial charge is 0.0982 e. The van der Waals surface area contributed by atoms with Crippen LogP contribution in [-0.4, -0.2) is 11.5 Å². The van der Waals surface area contributed by atoms with Crippen LogP contribution in [0.25, 0.3) is 0 Å². The van der Waals surface area contributed by atoms with E-state index in [1.54, 1.807) is 6.08 Å². The molecule has 0 rings (SSSR count). The summed E-state index contributed by atoms with van der Waals surface area (Å²) in [7, 11) is 0. The van der Waals surface area contributed by atoms with E-state index in [-0.39, 0.29) is 0 Å². The lowest BCUT2D eigenvalue weighted by atomic mass is 10.3. The van der Waals surface area contributed by atoms with Crippen LogP contribution in [-0.2, 0) is 0 Å². The highest BCUT2D eigenvalue weighted by Crippen LogP contribution is 1.82. The average molecular weight is 143 g/mol. The fourth-order valence-corrected chi connectivity index (χ4v) is 0.563. The molecule has 0 fully saturated rings.